The van der Waals surface area contributed by atoms with Crippen molar-refractivity contribution in [1.82, 2.24) is 25.3 Å². The Morgan fingerprint density at radius 1 is 1.08 bits per heavy atom. The Kier molecular flexibility index (Phi) is 9.62. The molecule has 0 bridgehead atoms. The van der Waals surface area contributed by atoms with Crippen LogP contribution >= 0.6 is 35.1 Å². The average Bonchev–Trinajstić information content (AvgIpc) is 2.57. The maximum atomic E-state index is 10.2. The van der Waals surface area contributed by atoms with Gasteiger partial charge in [0.2, 0.25) is 0 Å². The quantitative estimate of drug-likeness (QED) is 0.201. The van der Waals surface area contributed by atoms with Crippen LogP contribution in [0.25, 0.3) is 0 Å². The van der Waals surface area contributed by atoms with Crippen LogP contribution in [0.2, 0.25) is 5.15 Å². The number of halogens is 1. The molecule has 2 heterocycles. The number of rotatable bonds is 6. The molecule has 0 aromatic carbocycles. The molecule has 0 unspecified atom stereocenters. The summed E-state index contributed by atoms with van der Waals surface area (Å²) in [5, 5.41) is 15.1. The second-order valence-corrected chi connectivity index (χ2v) is 6.36. The summed E-state index contributed by atoms with van der Waals surface area (Å²) in [5.74, 6) is 1.38. The summed E-state index contributed by atoms with van der Waals surface area (Å²) in [6.45, 7) is 0.740. The molecule has 0 fully saturated rings. The molecule has 2 aromatic rings. The first-order chi connectivity index (χ1) is 12.3. The Balaban J connectivity index is 0.000000289. The number of hydrogen-bond donors (Lipinski definition) is 5. The van der Waals surface area contributed by atoms with Crippen LogP contribution in [0, 0.1) is 0 Å². The minimum absolute atomic E-state index is 0.299. The molecule has 26 heavy (non-hydrogen) atoms. The number of thioether (sulfide) groups is 2. The van der Waals surface area contributed by atoms with Gasteiger partial charge in [0.1, 0.15) is 22.6 Å². The molecule has 0 atom stereocenters. The molecule has 1 amide bonds. The van der Waals surface area contributed by atoms with Crippen molar-refractivity contribution >= 4 is 58.7 Å². The molecule has 142 valence electrons. The Labute approximate surface area is 163 Å². The zero-order valence-corrected chi connectivity index (χ0v) is 16.5. The van der Waals surface area contributed by atoms with Gasteiger partial charge in [0.25, 0.3) is 0 Å². The van der Waals surface area contributed by atoms with Crippen LogP contribution in [0.5, 0.6) is 0 Å². The normalized spacial score (nSPS) is 9.81. The minimum atomic E-state index is -1.05. The van der Waals surface area contributed by atoms with E-state index in [9.17, 15) is 4.79 Å². The summed E-state index contributed by atoms with van der Waals surface area (Å²) in [5.41, 5.74) is 11.0. The largest absolute Gasteiger partial charge is 0.465 e. The van der Waals surface area contributed by atoms with E-state index in [2.05, 4.69) is 30.6 Å². The van der Waals surface area contributed by atoms with Gasteiger partial charge in [0.15, 0.2) is 10.3 Å². The number of aromatic nitrogens is 4. The zero-order valence-electron chi connectivity index (χ0n) is 14.1. The fraction of sp³-hybridized carbons (Fsp3) is 0.308. The number of carboxylic acid groups (broad SMARTS) is 1. The van der Waals surface area contributed by atoms with Crippen molar-refractivity contribution in [1.29, 1.82) is 0 Å². The molecule has 2 rings (SSSR count). The van der Waals surface area contributed by atoms with Crippen LogP contribution in [-0.4, -0.2) is 56.7 Å². The van der Waals surface area contributed by atoms with E-state index < -0.39 is 6.09 Å². The maximum absolute atomic E-state index is 10.2. The van der Waals surface area contributed by atoms with Crippen LogP contribution in [0.3, 0.4) is 0 Å². The van der Waals surface area contributed by atoms with E-state index in [1.54, 1.807) is 6.07 Å². The maximum Gasteiger partial charge on any atom is 0.404 e. The number of carbonyl (C=O) groups is 1. The summed E-state index contributed by atoms with van der Waals surface area (Å²) < 4.78 is 0. The summed E-state index contributed by atoms with van der Waals surface area (Å²) in [6, 6.07) is 3.11. The Bertz CT molecular complexity index is 717. The van der Waals surface area contributed by atoms with Crippen LogP contribution in [-0.2, 0) is 0 Å². The highest BCUT2D eigenvalue weighted by atomic mass is 35.5. The van der Waals surface area contributed by atoms with Crippen molar-refractivity contribution in [3.63, 3.8) is 0 Å². The van der Waals surface area contributed by atoms with Gasteiger partial charge >= 0.3 is 6.09 Å². The van der Waals surface area contributed by atoms with Crippen molar-refractivity contribution in [2.75, 3.05) is 42.4 Å². The fourth-order valence-electron chi connectivity index (χ4n) is 1.49. The van der Waals surface area contributed by atoms with Crippen molar-refractivity contribution in [3.05, 3.63) is 17.3 Å². The van der Waals surface area contributed by atoms with Crippen LogP contribution in [0.1, 0.15) is 0 Å². The molecule has 0 saturated heterocycles. The first kappa shape index (κ1) is 21.9. The standard InChI is InChI=1S/C8H13N5O2S.C5H6ClN3S/c1-16-7-12-5(9)4-6(13-7)10-2-3-11-8(14)15;1-10-5-8-3(6)2-4(7)9-5/h4,11H,2-3H2,1H3,(H,14,15)(H3,9,10,12,13);2H,1H3,(H2,7,8,9). The number of nitrogen functional groups attached to an aromatic ring is 2. The second kappa shape index (κ2) is 11.4. The van der Waals surface area contributed by atoms with Gasteiger partial charge in [-0.3, -0.25) is 0 Å². The van der Waals surface area contributed by atoms with Gasteiger partial charge in [0.05, 0.1) is 0 Å². The zero-order chi connectivity index (χ0) is 19.5. The first-order valence-electron chi connectivity index (χ1n) is 7.07. The minimum Gasteiger partial charge on any atom is -0.465 e. The van der Waals surface area contributed by atoms with Crippen molar-refractivity contribution in [2.24, 2.45) is 0 Å². The Hall–Kier alpha value is -2.18. The fourth-order valence-corrected chi connectivity index (χ4v) is 2.50. The molecule has 7 N–H and O–H groups in total. The van der Waals surface area contributed by atoms with Gasteiger partial charge in [-0.2, -0.15) is 0 Å². The number of amides is 1. The molecule has 13 heteroatoms. The van der Waals surface area contributed by atoms with Crippen LogP contribution in [0.15, 0.2) is 22.4 Å². The summed E-state index contributed by atoms with van der Waals surface area (Å²) in [7, 11) is 0. The Morgan fingerprint density at radius 3 is 2.19 bits per heavy atom. The highest BCUT2D eigenvalue weighted by molar-refractivity contribution is 7.98. The predicted molar refractivity (Wildman–Crippen MR) is 106 cm³/mol. The number of nitrogens with one attached hydrogen (secondary N) is 2. The molecule has 0 aliphatic heterocycles. The lowest BCUT2D eigenvalue weighted by atomic mass is 10.5. The second-order valence-electron chi connectivity index (χ2n) is 4.43. The van der Waals surface area contributed by atoms with Gasteiger partial charge in [-0.1, -0.05) is 35.1 Å². The Morgan fingerprint density at radius 2 is 1.65 bits per heavy atom. The molecule has 0 spiro atoms. The number of nitrogens with two attached hydrogens (primary N) is 2. The van der Waals surface area contributed by atoms with E-state index in [0.717, 1.165) is 0 Å². The monoisotopic (exact) mass is 418 g/mol. The number of anilines is 3. The van der Waals surface area contributed by atoms with Crippen molar-refractivity contribution in [2.45, 2.75) is 10.3 Å². The summed E-state index contributed by atoms with van der Waals surface area (Å²) in [4.78, 5) is 26.1. The van der Waals surface area contributed by atoms with Gasteiger partial charge in [-0.05, 0) is 12.5 Å². The smallest absolute Gasteiger partial charge is 0.404 e. The number of hydrogen-bond acceptors (Lipinski definition) is 10. The topological polar surface area (TPSA) is 165 Å². The van der Waals surface area contributed by atoms with Crippen LogP contribution < -0.4 is 22.1 Å². The number of nitrogens with zero attached hydrogens (tertiary/aromatic N) is 4. The molecular formula is C13H19ClN8O2S2. The van der Waals surface area contributed by atoms with E-state index in [4.69, 9.17) is 28.2 Å². The highest BCUT2D eigenvalue weighted by Gasteiger charge is 2.01. The van der Waals surface area contributed by atoms with E-state index in [1.807, 2.05) is 12.5 Å². The predicted octanol–water partition coefficient (Wildman–Crippen LogP) is 1.89. The van der Waals surface area contributed by atoms with E-state index in [-0.39, 0.29) is 0 Å². The highest BCUT2D eigenvalue weighted by Crippen LogP contribution is 2.15. The van der Waals surface area contributed by atoms with Gasteiger partial charge in [0, 0.05) is 25.2 Å². The lowest BCUT2D eigenvalue weighted by Crippen LogP contribution is -2.27. The van der Waals surface area contributed by atoms with E-state index >= 15 is 0 Å². The van der Waals surface area contributed by atoms with Gasteiger partial charge in [-0.25, -0.2) is 24.7 Å². The van der Waals surface area contributed by atoms with E-state index in [0.29, 0.717) is 46.0 Å². The SMILES string of the molecule is CSc1nc(N)cc(Cl)n1.CSc1nc(N)cc(NCCNC(=O)O)n1. The molecule has 0 aliphatic carbocycles. The summed E-state index contributed by atoms with van der Waals surface area (Å²) in [6.07, 6.45) is 2.67. The van der Waals surface area contributed by atoms with E-state index in [1.165, 1.54) is 29.6 Å². The van der Waals surface area contributed by atoms with Crippen LogP contribution in [0.4, 0.5) is 22.2 Å². The third-order valence-electron chi connectivity index (χ3n) is 2.49. The van der Waals surface area contributed by atoms with Crippen molar-refractivity contribution < 1.29 is 9.90 Å². The van der Waals surface area contributed by atoms with Gasteiger partial charge < -0.3 is 27.2 Å². The molecular weight excluding hydrogens is 400 g/mol. The van der Waals surface area contributed by atoms with Gasteiger partial charge in [-0.15, -0.1) is 0 Å². The third-order valence-corrected chi connectivity index (χ3v) is 3.78. The lowest BCUT2D eigenvalue weighted by Gasteiger charge is -2.07. The molecule has 0 saturated carbocycles. The third kappa shape index (κ3) is 8.78. The summed E-state index contributed by atoms with van der Waals surface area (Å²) >= 11 is 8.38. The molecule has 2 aromatic heterocycles. The molecule has 0 aliphatic rings. The first-order valence-corrected chi connectivity index (χ1v) is 9.90. The molecule has 10 nitrogen and oxygen atoms in total. The lowest BCUT2D eigenvalue weighted by molar-refractivity contribution is 0.195. The molecule has 0 radical (unpaired) electrons. The average molecular weight is 419 g/mol. The van der Waals surface area contributed by atoms with Crippen molar-refractivity contribution in [3.8, 4) is 0 Å².